The average Bonchev–Trinajstić information content (AvgIpc) is 2.74. The number of aryl methyl sites for hydroxylation is 2. The van der Waals surface area contributed by atoms with Crippen LogP contribution < -0.4 is 5.73 Å². The lowest BCUT2D eigenvalue weighted by atomic mass is 10.1. The van der Waals surface area contributed by atoms with Crippen LogP contribution in [0.2, 0.25) is 0 Å². The van der Waals surface area contributed by atoms with Crippen molar-refractivity contribution < 1.29 is 0 Å². The second kappa shape index (κ2) is 4.72. The summed E-state index contributed by atoms with van der Waals surface area (Å²) in [7, 11) is 0. The Hall–Kier alpha value is -1.61. The molecule has 0 radical (unpaired) electrons. The molecule has 0 fully saturated rings. The first kappa shape index (κ1) is 11.9. The Kier molecular flexibility index (Phi) is 3.29. The second-order valence-corrected chi connectivity index (χ2v) is 4.38. The quantitative estimate of drug-likeness (QED) is 0.878. The van der Waals surface area contributed by atoms with Crippen LogP contribution in [0, 0.1) is 13.8 Å². The molecule has 0 saturated heterocycles. The molecule has 0 spiro atoms. The largest absolute Gasteiger partial charge is 0.326 e. The molecule has 0 aliphatic carbocycles. The lowest BCUT2D eigenvalue weighted by Gasteiger charge is -2.11. The van der Waals surface area contributed by atoms with Gasteiger partial charge in [-0.05, 0) is 37.5 Å². The number of rotatable bonds is 3. The molecule has 0 amide bonds. The fourth-order valence-electron chi connectivity index (χ4n) is 2.11. The topological polar surface area (TPSA) is 43.8 Å². The van der Waals surface area contributed by atoms with Gasteiger partial charge in [0.15, 0.2) is 0 Å². The van der Waals surface area contributed by atoms with Crippen LogP contribution in [0.3, 0.4) is 0 Å². The van der Waals surface area contributed by atoms with Gasteiger partial charge in [-0.1, -0.05) is 19.1 Å². The second-order valence-electron chi connectivity index (χ2n) is 4.38. The molecule has 2 aromatic rings. The Morgan fingerprint density at radius 3 is 2.71 bits per heavy atom. The Labute approximate surface area is 102 Å². The molecule has 90 valence electrons. The van der Waals surface area contributed by atoms with Crippen LogP contribution in [0.1, 0.15) is 29.3 Å². The summed E-state index contributed by atoms with van der Waals surface area (Å²) >= 11 is 0. The maximum atomic E-state index is 5.73. The fourth-order valence-corrected chi connectivity index (χ4v) is 2.11. The first-order chi connectivity index (χ1) is 8.17. The van der Waals surface area contributed by atoms with Crippen molar-refractivity contribution >= 4 is 0 Å². The van der Waals surface area contributed by atoms with Crippen molar-refractivity contribution in [1.29, 1.82) is 0 Å². The van der Waals surface area contributed by atoms with Crippen molar-refractivity contribution in [2.24, 2.45) is 5.73 Å². The minimum Gasteiger partial charge on any atom is -0.326 e. The van der Waals surface area contributed by atoms with Gasteiger partial charge >= 0.3 is 0 Å². The summed E-state index contributed by atoms with van der Waals surface area (Å²) in [4.78, 5) is 0. The Bertz CT molecular complexity index is 526. The lowest BCUT2D eigenvalue weighted by molar-refractivity contribution is 0.801. The molecule has 0 aliphatic rings. The van der Waals surface area contributed by atoms with Gasteiger partial charge in [0.1, 0.15) is 0 Å². The summed E-state index contributed by atoms with van der Waals surface area (Å²) in [6.07, 6.45) is 2.82. The summed E-state index contributed by atoms with van der Waals surface area (Å²) in [5, 5.41) is 4.47. The molecule has 1 aromatic heterocycles. The molecule has 3 nitrogen and oxygen atoms in total. The highest BCUT2D eigenvalue weighted by Gasteiger charge is 2.11. The predicted octanol–water partition coefficient (Wildman–Crippen LogP) is 2.51. The zero-order chi connectivity index (χ0) is 12.4. The van der Waals surface area contributed by atoms with Crippen molar-refractivity contribution in [3.63, 3.8) is 0 Å². The molecule has 0 bridgehead atoms. The zero-order valence-corrected chi connectivity index (χ0v) is 10.7. The highest BCUT2D eigenvalue weighted by atomic mass is 15.3. The lowest BCUT2D eigenvalue weighted by Crippen LogP contribution is -2.06. The first-order valence-corrected chi connectivity index (χ1v) is 6.00. The summed E-state index contributed by atoms with van der Waals surface area (Å²) in [5.41, 5.74) is 11.7. The standard InChI is InChI=1S/C14H19N3/c1-4-13-12(8-15)9-16-17(13)14-7-10(2)5-6-11(14)3/h5-7,9H,4,8,15H2,1-3H3. The van der Waals surface area contributed by atoms with Gasteiger partial charge in [-0.2, -0.15) is 5.10 Å². The van der Waals surface area contributed by atoms with E-state index in [4.69, 9.17) is 5.73 Å². The van der Waals surface area contributed by atoms with E-state index in [1.165, 1.54) is 16.8 Å². The first-order valence-electron chi connectivity index (χ1n) is 6.00. The maximum Gasteiger partial charge on any atom is 0.0680 e. The number of benzene rings is 1. The number of nitrogens with zero attached hydrogens (tertiary/aromatic N) is 2. The number of aromatic nitrogens is 2. The molecule has 0 aliphatic heterocycles. The van der Waals surface area contributed by atoms with E-state index in [1.54, 1.807) is 0 Å². The molecular weight excluding hydrogens is 210 g/mol. The van der Waals surface area contributed by atoms with Gasteiger partial charge in [0, 0.05) is 17.8 Å². The molecule has 1 aromatic carbocycles. The fraction of sp³-hybridized carbons (Fsp3) is 0.357. The number of hydrogen-bond donors (Lipinski definition) is 1. The zero-order valence-electron chi connectivity index (χ0n) is 10.7. The van der Waals surface area contributed by atoms with E-state index in [0.717, 1.165) is 17.7 Å². The van der Waals surface area contributed by atoms with Crippen molar-refractivity contribution in [3.05, 3.63) is 46.8 Å². The van der Waals surface area contributed by atoms with Crippen molar-refractivity contribution in [2.45, 2.75) is 33.7 Å². The minimum atomic E-state index is 0.550. The maximum absolute atomic E-state index is 5.73. The van der Waals surface area contributed by atoms with E-state index in [1.807, 2.05) is 10.9 Å². The molecule has 2 N–H and O–H groups in total. The summed E-state index contributed by atoms with van der Waals surface area (Å²) in [6.45, 7) is 6.89. The Morgan fingerprint density at radius 1 is 1.29 bits per heavy atom. The van der Waals surface area contributed by atoms with Crippen LogP contribution in [0.5, 0.6) is 0 Å². The molecule has 0 atom stereocenters. The van der Waals surface area contributed by atoms with Crippen molar-refractivity contribution in [2.75, 3.05) is 0 Å². The van der Waals surface area contributed by atoms with Crippen molar-refractivity contribution in [1.82, 2.24) is 9.78 Å². The summed E-state index contributed by atoms with van der Waals surface area (Å²) < 4.78 is 2.02. The smallest absolute Gasteiger partial charge is 0.0680 e. The van der Waals surface area contributed by atoms with E-state index in [-0.39, 0.29) is 0 Å². The summed E-state index contributed by atoms with van der Waals surface area (Å²) in [6, 6.07) is 6.42. The van der Waals surface area contributed by atoms with E-state index in [2.05, 4.69) is 44.1 Å². The van der Waals surface area contributed by atoms with Gasteiger partial charge in [0.2, 0.25) is 0 Å². The van der Waals surface area contributed by atoms with E-state index >= 15 is 0 Å². The van der Waals surface area contributed by atoms with Crippen LogP contribution in [0.25, 0.3) is 5.69 Å². The molecule has 2 rings (SSSR count). The van der Waals surface area contributed by atoms with Crippen LogP contribution in [-0.2, 0) is 13.0 Å². The monoisotopic (exact) mass is 229 g/mol. The number of nitrogens with two attached hydrogens (primary N) is 1. The SMILES string of the molecule is CCc1c(CN)cnn1-c1cc(C)ccc1C. The van der Waals surface area contributed by atoms with Crippen LogP contribution in [0.15, 0.2) is 24.4 Å². The minimum absolute atomic E-state index is 0.550. The molecule has 1 heterocycles. The van der Waals surface area contributed by atoms with Gasteiger partial charge < -0.3 is 5.73 Å². The van der Waals surface area contributed by atoms with E-state index < -0.39 is 0 Å². The third kappa shape index (κ3) is 2.11. The Morgan fingerprint density at radius 2 is 2.06 bits per heavy atom. The van der Waals surface area contributed by atoms with Crippen LogP contribution in [-0.4, -0.2) is 9.78 Å². The van der Waals surface area contributed by atoms with E-state index in [9.17, 15) is 0 Å². The van der Waals surface area contributed by atoms with Gasteiger partial charge in [0.05, 0.1) is 11.9 Å². The highest BCUT2D eigenvalue weighted by molar-refractivity contribution is 5.44. The number of hydrogen-bond acceptors (Lipinski definition) is 2. The molecule has 0 saturated carbocycles. The third-order valence-corrected chi connectivity index (χ3v) is 3.10. The van der Waals surface area contributed by atoms with Gasteiger partial charge in [-0.15, -0.1) is 0 Å². The molecule has 17 heavy (non-hydrogen) atoms. The highest BCUT2D eigenvalue weighted by Crippen LogP contribution is 2.19. The van der Waals surface area contributed by atoms with Gasteiger partial charge in [-0.3, -0.25) is 0 Å². The normalized spacial score (nSPS) is 10.8. The Balaban J connectivity index is 2.59. The predicted molar refractivity (Wildman–Crippen MR) is 70.3 cm³/mol. The van der Waals surface area contributed by atoms with Crippen LogP contribution >= 0.6 is 0 Å². The average molecular weight is 229 g/mol. The van der Waals surface area contributed by atoms with Crippen LogP contribution in [0.4, 0.5) is 0 Å². The molecule has 3 heteroatoms. The molecular formula is C14H19N3. The van der Waals surface area contributed by atoms with Crippen molar-refractivity contribution in [3.8, 4) is 5.69 Å². The van der Waals surface area contributed by atoms with Gasteiger partial charge in [0.25, 0.3) is 0 Å². The summed E-state index contributed by atoms with van der Waals surface area (Å²) in [5.74, 6) is 0. The van der Waals surface area contributed by atoms with Gasteiger partial charge in [-0.25, -0.2) is 4.68 Å². The third-order valence-electron chi connectivity index (χ3n) is 3.10. The molecule has 0 unspecified atom stereocenters. The van der Waals surface area contributed by atoms with E-state index in [0.29, 0.717) is 6.54 Å².